The molecule has 9 N–H and O–H groups in total. The Morgan fingerprint density at radius 1 is 0.932 bits per heavy atom. The Hall–Kier alpha value is -3.59. The van der Waals surface area contributed by atoms with Crippen LogP contribution in [0.3, 0.4) is 0 Å². The molecule has 246 valence electrons. The number of amides is 2. The first-order valence-electron chi connectivity index (χ1n) is 13.7. The summed E-state index contributed by atoms with van der Waals surface area (Å²) in [6, 6.07) is 0. The number of primary amides is 1. The summed E-state index contributed by atoms with van der Waals surface area (Å²) >= 11 is 6.23. The Morgan fingerprint density at radius 3 is 2.14 bits per heavy atom. The number of aliphatic hydroxyl groups is 5. The number of carboxylic acids is 1. The minimum atomic E-state index is -1.93. The zero-order chi connectivity index (χ0) is 33.8. The number of carbonyl (C=O) groups excluding carboxylic acids is 3. The van der Waals surface area contributed by atoms with Gasteiger partial charge in [-0.1, -0.05) is 73.6 Å². The molecule has 0 fully saturated rings. The Labute approximate surface area is 261 Å². The van der Waals surface area contributed by atoms with Crippen LogP contribution in [0, 0.1) is 5.92 Å². The van der Waals surface area contributed by atoms with Gasteiger partial charge in [-0.15, -0.1) is 0 Å². The fraction of sp³-hybridized carbons (Fsp3) is 0.467. The molecule has 0 aromatic heterocycles. The van der Waals surface area contributed by atoms with E-state index in [-0.39, 0.29) is 11.6 Å². The predicted molar refractivity (Wildman–Crippen MR) is 163 cm³/mol. The fourth-order valence-corrected chi connectivity index (χ4v) is 3.59. The summed E-state index contributed by atoms with van der Waals surface area (Å²) in [6.07, 6.45) is 3.78. The van der Waals surface area contributed by atoms with Crippen LogP contribution < -0.4 is 11.1 Å². The zero-order valence-electron chi connectivity index (χ0n) is 24.8. The molecule has 2 amide bonds. The topological polar surface area (TPSA) is 237 Å². The molecule has 7 atom stereocenters. The maximum atomic E-state index is 12.5. The second kappa shape index (κ2) is 22.0. The van der Waals surface area contributed by atoms with Gasteiger partial charge in [-0.3, -0.25) is 14.4 Å². The molecule has 0 aliphatic heterocycles. The highest BCUT2D eigenvalue weighted by Gasteiger charge is 2.34. The van der Waals surface area contributed by atoms with Crippen molar-refractivity contribution in [2.75, 3.05) is 6.54 Å². The number of nitrogens with one attached hydrogen (secondary N) is 1. The lowest BCUT2D eigenvalue weighted by Crippen LogP contribution is -2.44. The SMILES string of the molecule is CC/C=C/C(OC(N)=O)C(O)C(O)CC(=O)C(O)C(O)C(C)/C(Cl)=C/C=C/C=C(C)/C=C/C=C/C(=O)NCC(O)CC(=O)O. The number of hydrogen-bond donors (Lipinski definition) is 8. The maximum Gasteiger partial charge on any atom is 0.405 e. The number of hydrogen-bond acceptors (Lipinski definition) is 10. The van der Waals surface area contributed by atoms with Gasteiger partial charge >= 0.3 is 12.1 Å². The molecule has 13 nitrogen and oxygen atoms in total. The highest BCUT2D eigenvalue weighted by molar-refractivity contribution is 6.30. The first-order chi connectivity index (χ1) is 20.6. The molecule has 0 saturated heterocycles. The number of halogens is 1. The van der Waals surface area contributed by atoms with Gasteiger partial charge in [-0.25, -0.2) is 4.79 Å². The number of ether oxygens (including phenoxy) is 1. The van der Waals surface area contributed by atoms with E-state index in [2.05, 4.69) is 5.32 Å². The van der Waals surface area contributed by atoms with Crippen molar-refractivity contribution in [2.24, 2.45) is 11.7 Å². The second-order valence-electron chi connectivity index (χ2n) is 9.75. The summed E-state index contributed by atoms with van der Waals surface area (Å²) < 4.78 is 4.75. The summed E-state index contributed by atoms with van der Waals surface area (Å²) in [5, 5.41) is 61.9. The van der Waals surface area contributed by atoms with E-state index in [4.69, 9.17) is 27.2 Å². The molecule has 0 heterocycles. The predicted octanol–water partition coefficient (Wildman–Crippen LogP) is 1.14. The largest absolute Gasteiger partial charge is 0.481 e. The Kier molecular flexibility index (Phi) is 20.2. The van der Waals surface area contributed by atoms with Gasteiger partial charge in [0.1, 0.15) is 12.2 Å². The molecule has 0 saturated carbocycles. The van der Waals surface area contributed by atoms with Gasteiger partial charge in [-0.2, -0.15) is 0 Å². The molecule has 14 heteroatoms. The standard InChI is InChI=1S/C30H43ClN2O11/c1-4-5-13-24(44-30(32)43)28(41)22(35)16-23(36)29(42)27(40)19(3)21(31)12-8-6-10-18(2)11-7-9-14-25(37)33-17-20(34)15-26(38)39/h5-14,19-20,22,24,27-29,34-35,40-42H,4,15-17H2,1-3H3,(H2,32,43)(H,33,37)(H,38,39)/b8-6+,11-7+,13-5+,14-9+,18-10+,21-12-. The zero-order valence-corrected chi connectivity index (χ0v) is 25.6. The molecule has 0 aliphatic carbocycles. The molecule has 44 heavy (non-hydrogen) atoms. The van der Waals surface area contributed by atoms with Crippen LogP contribution in [0.25, 0.3) is 0 Å². The van der Waals surface area contributed by atoms with Crippen molar-refractivity contribution in [3.05, 3.63) is 71.4 Å². The highest BCUT2D eigenvalue weighted by Crippen LogP contribution is 2.23. The van der Waals surface area contributed by atoms with Crippen molar-refractivity contribution in [1.82, 2.24) is 5.32 Å². The third-order valence-corrected chi connectivity index (χ3v) is 6.39. The quantitative estimate of drug-likeness (QED) is 0.0532. The van der Waals surface area contributed by atoms with Crippen molar-refractivity contribution >= 4 is 35.4 Å². The van der Waals surface area contributed by atoms with Crippen molar-refractivity contribution in [3.63, 3.8) is 0 Å². The Morgan fingerprint density at radius 2 is 1.55 bits per heavy atom. The lowest BCUT2D eigenvalue weighted by atomic mass is 9.92. The van der Waals surface area contributed by atoms with Crippen LogP contribution in [-0.2, 0) is 19.1 Å². The van der Waals surface area contributed by atoms with Crippen LogP contribution in [0.15, 0.2) is 71.4 Å². The third kappa shape index (κ3) is 17.5. The number of carboxylic acid groups (broad SMARTS) is 1. The van der Waals surface area contributed by atoms with E-state index in [1.54, 1.807) is 50.3 Å². The number of allylic oxidation sites excluding steroid dienone is 9. The summed E-state index contributed by atoms with van der Waals surface area (Å²) in [6.45, 7) is 4.85. The fourth-order valence-electron chi connectivity index (χ4n) is 3.38. The molecule has 0 radical (unpaired) electrons. The van der Waals surface area contributed by atoms with Gasteiger partial charge in [0.15, 0.2) is 11.9 Å². The number of Topliss-reactive ketones (excluding diaryl/α,β-unsaturated/α-hetero) is 1. The van der Waals surface area contributed by atoms with E-state index in [1.165, 1.54) is 31.2 Å². The molecule has 0 aromatic rings. The monoisotopic (exact) mass is 642 g/mol. The van der Waals surface area contributed by atoms with Gasteiger partial charge in [-0.05, 0) is 25.5 Å². The minimum absolute atomic E-state index is 0.116. The molecular formula is C30H43ClN2O11. The van der Waals surface area contributed by atoms with Gasteiger partial charge in [0.25, 0.3) is 0 Å². The molecule has 0 bridgehead atoms. The number of aliphatic hydroxyl groups excluding tert-OH is 5. The van der Waals surface area contributed by atoms with Gasteiger partial charge < -0.3 is 46.4 Å². The molecule has 0 aliphatic rings. The number of nitrogens with two attached hydrogens (primary N) is 1. The van der Waals surface area contributed by atoms with E-state index >= 15 is 0 Å². The van der Waals surface area contributed by atoms with Crippen LogP contribution in [0.5, 0.6) is 0 Å². The smallest absolute Gasteiger partial charge is 0.405 e. The van der Waals surface area contributed by atoms with Crippen molar-refractivity contribution in [3.8, 4) is 0 Å². The maximum absolute atomic E-state index is 12.5. The number of aliphatic carboxylic acids is 1. The van der Waals surface area contributed by atoms with E-state index in [1.807, 2.05) is 0 Å². The van der Waals surface area contributed by atoms with E-state index in [9.17, 15) is 44.7 Å². The first-order valence-corrected chi connectivity index (χ1v) is 14.1. The number of rotatable bonds is 20. The van der Waals surface area contributed by atoms with Crippen LogP contribution in [0.2, 0.25) is 0 Å². The van der Waals surface area contributed by atoms with Gasteiger partial charge in [0, 0.05) is 30.0 Å². The third-order valence-electron chi connectivity index (χ3n) is 5.92. The van der Waals surface area contributed by atoms with Crippen LogP contribution >= 0.6 is 11.6 Å². The summed E-state index contributed by atoms with van der Waals surface area (Å²) in [7, 11) is 0. The van der Waals surface area contributed by atoms with E-state index in [0.29, 0.717) is 6.42 Å². The highest BCUT2D eigenvalue weighted by atomic mass is 35.5. The van der Waals surface area contributed by atoms with Crippen molar-refractivity contribution < 1.29 is 54.6 Å². The van der Waals surface area contributed by atoms with Crippen molar-refractivity contribution in [1.29, 1.82) is 0 Å². The summed E-state index contributed by atoms with van der Waals surface area (Å²) in [5.74, 6) is -3.53. The Balaban J connectivity index is 4.99. The van der Waals surface area contributed by atoms with E-state index < -0.39 is 79.1 Å². The van der Waals surface area contributed by atoms with Gasteiger partial charge in [0.05, 0.1) is 24.7 Å². The lowest BCUT2D eigenvalue weighted by molar-refractivity contribution is -0.140. The second-order valence-corrected chi connectivity index (χ2v) is 10.2. The van der Waals surface area contributed by atoms with E-state index in [0.717, 1.165) is 5.57 Å². The molecule has 0 spiro atoms. The van der Waals surface area contributed by atoms with Crippen molar-refractivity contribution in [2.45, 2.75) is 76.7 Å². The first kappa shape index (κ1) is 40.4. The average Bonchev–Trinajstić information content (AvgIpc) is 2.96. The van der Waals surface area contributed by atoms with Crippen LogP contribution in [0.1, 0.15) is 40.0 Å². The normalized spacial score (nSPS) is 17.8. The molecule has 0 rings (SSSR count). The molecule has 7 unspecified atom stereocenters. The van der Waals surface area contributed by atoms with Gasteiger partial charge in [0.2, 0.25) is 5.91 Å². The van der Waals surface area contributed by atoms with Crippen LogP contribution in [-0.4, -0.2) is 97.6 Å². The Bertz CT molecular complexity index is 1130. The molecular weight excluding hydrogens is 600 g/mol. The van der Waals surface area contributed by atoms with Crippen LogP contribution in [0.4, 0.5) is 4.79 Å². The summed E-state index contributed by atoms with van der Waals surface area (Å²) in [5.41, 5.74) is 5.77. The number of ketones is 1. The average molecular weight is 643 g/mol. The summed E-state index contributed by atoms with van der Waals surface area (Å²) in [4.78, 5) is 45.7. The lowest BCUT2D eigenvalue weighted by Gasteiger charge is -2.26. The minimum Gasteiger partial charge on any atom is -0.481 e. The number of carbonyl (C=O) groups is 4. The molecule has 0 aromatic carbocycles.